The summed E-state index contributed by atoms with van der Waals surface area (Å²) in [6, 6.07) is 3.79. The van der Waals surface area contributed by atoms with Gasteiger partial charge in [-0.3, -0.25) is 0 Å². The molecule has 0 saturated heterocycles. The molecule has 0 aliphatic heterocycles. The van der Waals surface area contributed by atoms with Gasteiger partial charge in [0.2, 0.25) is 0 Å². The van der Waals surface area contributed by atoms with Crippen molar-refractivity contribution in [2.75, 3.05) is 0 Å². The van der Waals surface area contributed by atoms with Crippen molar-refractivity contribution in [1.82, 2.24) is 4.98 Å². The Morgan fingerprint density at radius 2 is 2.12 bits per heavy atom. The summed E-state index contributed by atoms with van der Waals surface area (Å²) < 4.78 is 39.5. The van der Waals surface area contributed by atoms with Crippen LogP contribution in [0.2, 0.25) is 0 Å². The number of aldehydes is 1. The molecular weight excluding hydrogens is 250 g/mol. The zero-order valence-electron chi connectivity index (χ0n) is 8.58. The van der Waals surface area contributed by atoms with Crippen LogP contribution in [-0.2, 0) is 4.79 Å². The molecule has 0 amide bonds. The highest BCUT2D eigenvalue weighted by molar-refractivity contribution is 7.18. The third-order valence-electron chi connectivity index (χ3n) is 2.56. The number of hydrogen-bond donors (Lipinski definition) is 1. The summed E-state index contributed by atoms with van der Waals surface area (Å²) in [5, 5.41) is 0.296. The normalized spacial score (nSPS) is 13.9. The molecular formula is C11H9F3NOP. The molecule has 2 aromatic rings. The number of hydrogen-bond acceptors (Lipinski definition) is 1. The Bertz CT molecular complexity index is 561. The largest absolute Gasteiger partial charge is 0.361 e. The monoisotopic (exact) mass is 259 g/mol. The maximum absolute atomic E-state index is 13.2. The zero-order valence-corrected chi connectivity index (χ0v) is 9.74. The van der Waals surface area contributed by atoms with Crippen molar-refractivity contribution in [3.8, 4) is 0 Å². The zero-order chi connectivity index (χ0) is 12.6. The highest BCUT2D eigenvalue weighted by atomic mass is 31.0. The van der Waals surface area contributed by atoms with Gasteiger partial charge in [-0.15, -0.1) is 0 Å². The smallest absolute Gasteiger partial charge is 0.272 e. The molecule has 0 aliphatic rings. The number of carbonyl (C=O) groups excluding carboxylic acids is 1. The van der Waals surface area contributed by atoms with Crippen molar-refractivity contribution < 1.29 is 18.0 Å². The summed E-state index contributed by atoms with van der Waals surface area (Å²) in [6.07, 6.45) is 1.47. The second-order valence-electron chi connectivity index (χ2n) is 3.72. The molecule has 2 unspecified atom stereocenters. The maximum Gasteiger partial charge on any atom is 0.272 e. The lowest BCUT2D eigenvalue weighted by atomic mass is 10.00. The maximum atomic E-state index is 13.2. The van der Waals surface area contributed by atoms with Crippen molar-refractivity contribution in [3.05, 3.63) is 35.8 Å². The van der Waals surface area contributed by atoms with Crippen LogP contribution in [0.5, 0.6) is 0 Å². The first-order chi connectivity index (χ1) is 7.93. The van der Waals surface area contributed by atoms with Crippen LogP contribution in [0.15, 0.2) is 24.4 Å². The lowest BCUT2D eigenvalue weighted by Crippen LogP contribution is -2.19. The number of H-pyrrole nitrogens is 1. The van der Waals surface area contributed by atoms with Crippen molar-refractivity contribution >= 4 is 26.4 Å². The second-order valence-corrected chi connectivity index (χ2v) is 4.49. The standard InChI is InChI=1S/C11H9F3NOP/c12-6-1-2-10-7(3-6)8(4-15-10)9(5-16)11(13,14)17/h1-5,9,15H,17H2. The summed E-state index contributed by atoms with van der Waals surface area (Å²) in [4.78, 5) is 13.5. The van der Waals surface area contributed by atoms with E-state index in [-0.39, 0.29) is 11.8 Å². The molecule has 0 aliphatic carbocycles. The number of rotatable bonds is 3. The number of carbonyl (C=O) groups is 1. The van der Waals surface area contributed by atoms with Gasteiger partial charge in [-0.05, 0) is 23.8 Å². The highest BCUT2D eigenvalue weighted by Gasteiger charge is 2.36. The number of aromatic amines is 1. The van der Waals surface area contributed by atoms with Gasteiger partial charge in [0.15, 0.2) is 0 Å². The van der Waals surface area contributed by atoms with Crippen LogP contribution in [0, 0.1) is 5.82 Å². The molecule has 0 bridgehead atoms. The van der Waals surface area contributed by atoms with E-state index in [1.807, 2.05) is 0 Å². The van der Waals surface area contributed by atoms with Crippen LogP contribution < -0.4 is 0 Å². The van der Waals surface area contributed by atoms with E-state index >= 15 is 0 Å². The topological polar surface area (TPSA) is 32.9 Å². The first-order valence-electron chi connectivity index (χ1n) is 4.82. The Morgan fingerprint density at radius 3 is 2.71 bits per heavy atom. The van der Waals surface area contributed by atoms with Gasteiger partial charge in [-0.2, -0.15) is 0 Å². The summed E-state index contributed by atoms with van der Waals surface area (Å²) in [6.45, 7) is 0. The number of alkyl halides is 2. The Hall–Kier alpha value is -1.35. The van der Waals surface area contributed by atoms with Crippen molar-refractivity contribution in [1.29, 1.82) is 0 Å². The van der Waals surface area contributed by atoms with Crippen LogP contribution in [0.1, 0.15) is 11.5 Å². The fourth-order valence-electron chi connectivity index (χ4n) is 1.74. The molecule has 0 saturated carbocycles. The van der Waals surface area contributed by atoms with Gasteiger partial charge in [0.25, 0.3) is 5.66 Å². The van der Waals surface area contributed by atoms with Crippen molar-refractivity contribution in [2.24, 2.45) is 0 Å². The van der Waals surface area contributed by atoms with E-state index in [9.17, 15) is 18.0 Å². The minimum absolute atomic E-state index is 0.0921. The molecule has 1 aromatic carbocycles. The summed E-state index contributed by atoms with van der Waals surface area (Å²) in [5.41, 5.74) is -2.65. The lowest BCUT2D eigenvalue weighted by Gasteiger charge is -2.17. The molecule has 2 rings (SSSR count). The van der Waals surface area contributed by atoms with Gasteiger partial charge in [-0.1, -0.05) is 9.24 Å². The average molecular weight is 259 g/mol. The molecule has 6 heteroatoms. The Balaban J connectivity index is 2.62. The molecule has 90 valence electrons. The van der Waals surface area contributed by atoms with Crippen LogP contribution in [0.3, 0.4) is 0 Å². The molecule has 17 heavy (non-hydrogen) atoms. The minimum atomic E-state index is -3.26. The van der Waals surface area contributed by atoms with Crippen LogP contribution in [-0.4, -0.2) is 16.9 Å². The van der Waals surface area contributed by atoms with Gasteiger partial charge < -0.3 is 9.78 Å². The van der Waals surface area contributed by atoms with E-state index in [0.717, 1.165) is 6.07 Å². The van der Waals surface area contributed by atoms with Crippen molar-refractivity contribution in [2.45, 2.75) is 11.6 Å². The van der Waals surface area contributed by atoms with Crippen LogP contribution in [0.4, 0.5) is 13.2 Å². The number of fused-ring (bicyclic) bond motifs is 1. The highest BCUT2D eigenvalue weighted by Crippen LogP contribution is 2.40. The number of nitrogens with one attached hydrogen (secondary N) is 1. The van der Waals surface area contributed by atoms with E-state index in [1.54, 1.807) is 0 Å². The number of halogens is 3. The first kappa shape index (κ1) is 12.1. The van der Waals surface area contributed by atoms with Crippen molar-refractivity contribution in [3.63, 3.8) is 0 Å². The van der Waals surface area contributed by atoms with Crippen LogP contribution >= 0.6 is 9.24 Å². The molecule has 1 heterocycles. The molecule has 2 nitrogen and oxygen atoms in total. The lowest BCUT2D eigenvalue weighted by molar-refractivity contribution is -0.113. The van der Waals surface area contributed by atoms with Gasteiger partial charge in [0.1, 0.15) is 18.0 Å². The molecule has 1 N–H and O–H groups in total. The Kier molecular flexibility index (Phi) is 2.96. The third kappa shape index (κ3) is 2.20. The van der Waals surface area contributed by atoms with Gasteiger partial charge in [0.05, 0.1) is 0 Å². The molecule has 1 aromatic heterocycles. The van der Waals surface area contributed by atoms with E-state index in [2.05, 4.69) is 4.98 Å². The van der Waals surface area contributed by atoms with E-state index in [0.29, 0.717) is 10.9 Å². The second kappa shape index (κ2) is 4.15. The fourth-order valence-corrected chi connectivity index (χ4v) is 2.00. The summed E-state index contributed by atoms with van der Waals surface area (Å²) in [5.74, 6) is -2.14. The van der Waals surface area contributed by atoms with Crippen LogP contribution in [0.25, 0.3) is 10.9 Å². The van der Waals surface area contributed by atoms with E-state index < -0.39 is 17.4 Å². The Morgan fingerprint density at radius 1 is 1.41 bits per heavy atom. The molecule has 0 fully saturated rings. The molecule has 2 atom stereocenters. The predicted molar refractivity (Wildman–Crippen MR) is 61.7 cm³/mol. The summed E-state index contributed by atoms with van der Waals surface area (Å²) in [7, 11) is 1.33. The third-order valence-corrected chi connectivity index (χ3v) is 2.92. The SMILES string of the molecule is O=CC(c1c[nH]c2ccc(F)cc12)C(F)(F)P. The van der Waals surface area contributed by atoms with Gasteiger partial charge in [-0.25, -0.2) is 13.2 Å². The number of benzene rings is 1. The van der Waals surface area contributed by atoms with Gasteiger partial charge in [0, 0.05) is 17.1 Å². The summed E-state index contributed by atoms with van der Waals surface area (Å²) >= 11 is 0. The first-order valence-corrected chi connectivity index (χ1v) is 5.39. The minimum Gasteiger partial charge on any atom is -0.361 e. The quantitative estimate of drug-likeness (QED) is 0.667. The van der Waals surface area contributed by atoms with E-state index in [1.165, 1.54) is 27.6 Å². The van der Waals surface area contributed by atoms with E-state index in [4.69, 9.17) is 0 Å². The molecule has 0 radical (unpaired) electrons. The van der Waals surface area contributed by atoms with Gasteiger partial charge >= 0.3 is 0 Å². The number of aromatic nitrogens is 1. The fraction of sp³-hybridized carbons (Fsp3) is 0.182. The molecule has 0 spiro atoms. The Labute approximate surface area is 97.4 Å². The average Bonchev–Trinajstić information content (AvgIpc) is 2.60. The predicted octanol–water partition coefficient (Wildman–Crippen LogP) is 3.06.